The summed E-state index contributed by atoms with van der Waals surface area (Å²) in [5.41, 5.74) is 0. The van der Waals surface area contributed by atoms with Gasteiger partial charge in [0.1, 0.15) is 0 Å². The molecule has 7 heteroatoms. The summed E-state index contributed by atoms with van der Waals surface area (Å²) in [6.07, 6.45) is -1.00. The second kappa shape index (κ2) is 15.8. The van der Waals surface area contributed by atoms with Crippen LogP contribution in [0.15, 0.2) is 0 Å². The van der Waals surface area contributed by atoms with Crippen molar-refractivity contribution in [1.82, 2.24) is 0 Å². The quantitative estimate of drug-likeness (QED) is 0.527. The van der Waals surface area contributed by atoms with Crippen molar-refractivity contribution < 1.29 is 48.2 Å². The van der Waals surface area contributed by atoms with E-state index in [9.17, 15) is 0 Å². The first-order valence-electron chi connectivity index (χ1n) is 3.79. The van der Waals surface area contributed by atoms with E-state index in [1.165, 1.54) is 21.3 Å². The van der Waals surface area contributed by atoms with Gasteiger partial charge in [0.05, 0.1) is 0 Å². The maximum atomic E-state index is 8.77. The molecule has 0 saturated heterocycles. The van der Waals surface area contributed by atoms with Crippen molar-refractivity contribution >= 4 is 0 Å². The Balaban J connectivity index is -0.000000170. The van der Waals surface area contributed by atoms with Crippen LogP contribution in [0, 0.1) is 0 Å². The zero-order chi connectivity index (χ0) is 12.0. The zero-order valence-corrected chi connectivity index (χ0v) is 10.5. The van der Waals surface area contributed by atoms with Gasteiger partial charge in [0.2, 0.25) is 0 Å². The molecule has 0 radical (unpaired) electrons. The van der Waals surface area contributed by atoms with Crippen molar-refractivity contribution in [3.8, 4) is 0 Å². The van der Waals surface area contributed by atoms with Gasteiger partial charge in [-0.15, -0.1) is 0 Å². The predicted molar refractivity (Wildman–Crippen MR) is 44.0 cm³/mol. The third-order valence-corrected chi connectivity index (χ3v) is 0.997. The molecule has 86 valence electrons. The average molecular weight is 246 g/mol. The van der Waals surface area contributed by atoms with Gasteiger partial charge in [0.25, 0.3) is 0 Å². The van der Waals surface area contributed by atoms with Crippen molar-refractivity contribution in [2.75, 3.05) is 27.9 Å². The first kappa shape index (κ1) is 19.8. The summed E-state index contributed by atoms with van der Waals surface area (Å²) < 4.78 is 21.3. The molecule has 0 aliphatic rings. The Morgan fingerprint density at radius 3 is 1.36 bits per heavy atom. The third-order valence-electron chi connectivity index (χ3n) is 0.997. The fourth-order valence-electron chi connectivity index (χ4n) is 0.250. The molecule has 0 saturated carbocycles. The van der Waals surface area contributed by atoms with E-state index in [2.05, 4.69) is 14.2 Å². The van der Waals surface area contributed by atoms with E-state index in [1.54, 1.807) is 0 Å². The van der Waals surface area contributed by atoms with Gasteiger partial charge in [0.15, 0.2) is 0 Å². The van der Waals surface area contributed by atoms with E-state index in [4.69, 9.17) is 13.5 Å². The van der Waals surface area contributed by atoms with Gasteiger partial charge < -0.3 is 24.4 Å². The molecule has 2 N–H and O–H groups in total. The molecular weight excluding hydrogens is 228 g/mol. The maximum absolute atomic E-state index is 8.77. The molecule has 14 heavy (non-hydrogen) atoms. The molecule has 0 unspecified atom stereocenters. The normalized spacial score (nSPS) is 9.21. The Bertz CT molecular complexity index is 87.9. The first-order chi connectivity index (χ1) is 6.60. The van der Waals surface area contributed by atoms with Crippen LogP contribution >= 0.6 is 0 Å². The van der Waals surface area contributed by atoms with Gasteiger partial charge in [-0.3, -0.25) is 0 Å². The van der Waals surface area contributed by atoms with E-state index in [1.807, 2.05) is 6.92 Å². The molecule has 0 aliphatic heterocycles. The minimum absolute atomic E-state index is 0.319. The Labute approximate surface area is 95.9 Å². The Kier molecular flexibility index (Phi) is 22.3. The second-order valence-electron chi connectivity index (χ2n) is 1.86. The van der Waals surface area contributed by atoms with Crippen molar-refractivity contribution in [1.29, 1.82) is 0 Å². The molecule has 0 heterocycles. The molecule has 0 spiro atoms. The summed E-state index contributed by atoms with van der Waals surface area (Å²) in [5.74, 6) is 0. The fourth-order valence-corrected chi connectivity index (χ4v) is 0.250. The number of hydrogen-bond acceptors (Lipinski definition) is 6. The number of aliphatic hydroxyl groups excluding tert-OH is 1. The van der Waals surface area contributed by atoms with E-state index in [-0.39, 0.29) is 0 Å². The van der Waals surface area contributed by atoms with Gasteiger partial charge in [-0.05, 0) is 6.42 Å². The second-order valence-corrected chi connectivity index (χ2v) is 1.86. The Morgan fingerprint density at radius 1 is 1.14 bits per heavy atom. The molecule has 0 amide bonds. The van der Waals surface area contributed by atoms with Gasteiger partial charge in [0, 0.05) is 27.9 Å². The van der Waals surface area contributed by atoms with E-state index in [0.29, 0.717) is 6.61 Å². The van der Waals surface area contributed by atoms with Gasteiger partial charge >= 0.3 is 29.9 Å². The van der Waals surface area contributed by atoms with Crippen LogP contribution in [0.25, 0.3) is 0 Å². The van der Waals surface area contributed by atoms with E-state index < -0.39 is 6.16 Å². The third kappa shape index (κ3) is 14.8. The molecule has 0 rings (SSSR count). The summed E-state index contributed by atoms with van der Waals surface area (Å²) in [6, 6.07) is 0. The van der Waals surface area contributed by atoms with Gasteiger partial charge in [-0.2, -0.15) is 0 Å². The van der Waals surface area contributed by atoms with E-state index >= 15 is 0 Å². The molecule has 0 aromatic heterocycles. The van der Waals surface area contributed by atoms with Crippen LogP contribution in [0.4, 0.5) is 0 Å². The number of rotatable bonds is 4. The van der Waals surface area contributed by atoms with Crippen LogP contribution in [0.2, 0.25) is 0 Å². The fraction of sp³-hybridized carbons (Fsp3) is 1.00. The summed E-state index contributed by atoms with van der Waals surface area (Å²) >= 11 is 0.750. The molecule has 0 aromatic carbocycles. The summed E-state index contributed by atoms with van der Waals surface area (Å²) in [5, 5.41) is 16.6. The van der Waals surface area contributed by atoms with Crippen molar-refractivity contribution in [3.05, 3.63) is 0 Å². The standard InChI is InChI=1S/C4H10O4.C3H8O.O.Ti/c1-6-4(5,7-2)8-3;1-2-3-4;;/h5H,1-3H3;4H,2-3H2,1H3;;. The Morgan fingerprint density at radius 2 is 1.36 bits per heavy atom. The summed E-state index contributed by atoms with van der Waals surface area (Å²) in [6.45, 7) is 2.25. The average Bonchev–Trinajstić information content (AvgIpc) is 2.31. The number of hydrogen-bond donors (Lipinski definition) is 2. The van der Waals surface area contributed by atoms with Crippen LogP contribution in [-0.4, -0.2) is 44.3 Å². The summed E-state index contributed by atoms with van der Waals surface area (Å²) in [7, 11) is 3.81. The van der Waals surface area contributed by atoms with Crippen LogP contribution < -0.4 is 0 Å². The van der Waals surface area contributed by atoms with Crippen LogP contribution in [0.3, 0.4) is 0 Å². The number of ether oxygens (including phenoxy) is 3. The SMILES string of the molecule is CCCO.COC(O)(OC)OC.[O]=[Ti]. The van der Waals surface area contributed by atoms with Crippen LogP contribution in [-0.2, 0) is 37.9 Å². The van der Waals surface area contributed by atoms with Crippen LogP contribution in [0.5, 0.6) is 0 Å². The monoisotopic (exact) mass is 246 g/mol. The predicted octanol–water partition coefficient (Wildman–Crippen LogP) is -0.203. The van der Waals surface area contributed by atoms with Crippen LogP contribution in [0.1, 0.15) is 13.3 Å². The molecule has 0 bridgehead atoms. The zero-order valence-electron chi connectivity index (χ0n) is 8.94. The molecular formula is C7H18O6Ti. The minimum atomic E-state index is -1.88. The van der Waals surface area contributed by atoms with Crippen molar-refractivity contribution in [2.24, 2.45) is 0 Å². The first-order valence-corrected chi connectivity index (χ1v) is 4.43. The van der Waals surface area contributed by atoms with Gasteiger partial charge in [-0.25, -0.2) is 0 Å². The molecule has 0 aromatic rings. The van der Waals surface area contributed by atoms with Crippen molar-refractivity contribution in [3.63, 3.8) is 0 Å². The van der Waals surface area contributed by atoms with E-state index in [0.717, 1.165) is 26.8 Å². The molecule has 0 aliphatic carbocycles. The molecule has 6 nitrogen and oxygen atoms in total. The molecule has 0 fully saturated rings. The van der Waals surface area contributed by atoms with Crippen molar-refractivity contribution in [2.45, 2.75) is 19.5 Å². The summed E-state index contributed by atoms with van der Waals surface area (Å²) in [4.78, 5) is 0. The number of aliphatic hydroxyl groups is 2. The Hall–Kier alpha value is 0.314. The molecule has 0 atom stereocenters. The topological polar surface area (TPSA) is 85.2 Å². The number of methoxy groups -OCH3 is 3. The van der Waals surface area contributed by atoms with Gasteiger partial charge in [-0.1, -0.05) is 6.92 Å².